The van der Waals surface area contributed by atoms with Crippen molar-refractivity contribution in [1.82, 2.24) is 4.98 Å². The molecule has 19 heavy (non-hydrogen) atoms. The zero-order chi connectivity index (χ0) is 13.4. The number of carboxylic acid groups (broad SMARTS) is 1. The zero-order valence-corrected chi connectivity index (χ0v) is 10.5. The molecule has 2 aromatic carbocycles. The number of hydrogen-bond donors (Lipinski definition) is 2. The summed E-state index contributed by atoms with van der Waals surface area (Å²) in [5.41, 5.74) is 4.02. The Morgan fingerprint density at radius 2 is 2.00 bits per heavy atom. The minimum Gasteiger partial charge on any atom is -0.478 e. The van der Waals surface area contributed by atoms with Crippen LogP contribution in [0.25, 0.3) is 22.0 Å². The number of carbonyl (C=O) groups is 1. The number of hydrogen-bond acceptors (Lipinski definition) is 1. The fraction of sp³-hybridized carbons (Fsp3) is 0.0625. The molecule has 1 aromatic heterocycles. The van der Waals surface area contributed by atoms with Crippen LogP contribution < -0.4 is 0 Å². The predicted molar refractivity (Wildman–Crippen MR) is 75.4 cm³/mol. The molecular weight excluding hydrogens is 238 g/mol. The van der Waals surface area contributed by atoms with Crippen LogP contribution in [0.15, 0.2) is 48.7 Å². The summed E-state index contributed by atoms with van der Waals surface area (Å²) in [6.07, 6.45) is 1.88. The van der Waals surface area contributed by atoms with E-state index in [1.54, 1.807) is 12.1 Å². The number of aromatic nitrogens is 1. The summed E-state index contributed by atoms with van der Waals surface area (Å²) in [6.45, 7) is 1.93. The average Bonchev–Trinajstić information content (AvgIpc) is 2.85. The van der Waals surface area contributed by atoms with E-state index in [0.29, 0.717) is 5.56 Å². The highest BCUT2D eigenvalue weighted by Crippen LogP contribution is 2.29. The molecule has 94 valence electrons. The predicted octanol–water partition coefficient (Wildman–Crippen LogP) is 3.84. The molecule has 3 nitrogen and oxygen atoms in total. The highest BCUT2D eigenvalue weighted by molar-refractivity contribution is 5.98. The third-order valence-electron chi connectivity index (χ3n) is 3.35. The van der Waals surface area contributed by atoms with Crippen LogP contribution in [-0.4, -0.2) is 16.1 Å². The summed E-state index contributed by atoms with van der Waals surface area (Å²) < 4.78 is 0. The first-order chi connectivity index (χ1) is 9.16. The zero-order valence-electron chi connectivity index (χ0n) is 10.5. The molecule has 0 radical (unpaired) electrons. The molecule has 2 N–H and O–H groups in total. The maximum atomic E-state index is 11.4. The van der Waals surface area contributed by atoms with Crippen LogP contribution in [0.3, 0.4) is 0 Å². The molecule has 0 saturated heterocycles. The Bertz CT molecular complexity index is 771. The van der Waals surface area contributed by atoms with Crippen molar-refractivity contribution in [2.24, 2.45) is 0 Å². The summed E-state index contributed by atoms with van der Waals surface area (Å²) in [4.78, 5) is 14.5. The maximum absolute atomic E-state index is 11.4. The summed E-state index contributed by atoms with van der Waals surface area (Å²) in [5.74, 6) is -0.898. The smallest absolute Gasteiger partial charge is 0.336 e. The fourth-order valence-corrected chi connectivity index (χ4v) is 2.43. The monoisotopic (exact) mass is 251 g/mol. The minimum atomic E-state index is -0.898. The number of benzene rings is 2. The second-order valence-electron chi connectivity index (χ2n) is 4.58. The van der Waals surface area contributed by atoms with Crippen molar-refractivity contribution in [2.75, 3.05) is 0 Å². The van der Waals surface area contributed by atoms with Crippen molar-refractivity contribution in [3.63, 3.8) is 0 Å². The van der Waals surface area contributed by atoms with Gasteiger partial charge < -0.3 is 10.1 Å². The summed E-state index contributed by atoms with van der Waals surface area (Å²) in [7, 11) is 0. The van der Waals surface area contributed by atoms with Crippen molar-refractivity contribution in [3.8, 4) is 11.1 Å². The van der Waals surface area contributed by atoms with E-state index >= 15 is 0 Å². The lowest BCUT2D eigenvalue weighted by atomic mass is 9.94. The van der Waals surface area contributed by atoms with Crippen LogP contribution in [0, 0.1) is 6.92 Å². The summed E-state index contributed by atoms with van der Waals surface area (Å²) in [5, 5.41) is 10.4. The number of rotatable bonds is 2. The number of H-pyrrole nitrogens is 1. The number of carboxylic acids is 1. The van der Waals surface area contributed by atoms with Crippen molar-refractivity contribution in [2.45, 2.75) is 6.92 Å². The Kier molecular flexibility index (Phi) is 2.60. The molecule has 3 aromatic rings. The van der Waals surface area contributed by atoms with E-state index in [-0.39, 0.29) is 0 Å². The Morgan fingerprint density at radius 1 is 1.16 bits per heavy atom. The molecule has 0 aliphatic carbocycles. The first-order valence-corrected chi connectivity index (χ1v) is 6.07. The molecule has 0 fully saturated rings. The van der Waals surface area contributed by atoms with E-state index in [9.17, 15) is 9.90 Å². The molecule has 0 saturated carbocycles. The van der Waals surface area contributed by atoms with Gasteiger partial charge in [0.15, 0.2) is 0 Å². The Labute approximate surface area is 110 Å². The van der Waals surface area contributed by atoms with Crippen LogP contribution in [0.1, 0.15) is 15.9 Å². The number of aromatic amines is 1. The van der Waals surface area contributed by atoms with Crippen LogP contribution in [0.5, 0.6) is 0 Å². The minimum absolute atomic E-state index is 0.339. The Hall–Kier alpha value is -2.55. The van der Waals surface area contributed by atoms with Crippen LogP contribution >= 0.6 is 0 Å². The lowest BCUT2D eigenvalue weighted by Crippen LogP contribution is -2.01. The van der Waals surface area contributed by atoms with Gasteiger partial charge in [0, 0.05) is 11.7 Å². The normalized spacial score (nSPS) is 10.8. The quantitative estimate of drug-likeness (QED) is 0.727. The first-order valence-electron chi connectivity index (χ1n) is 6.07. The van der Waals surface area contributed by atoms with Gasteiger partial charge >= 0.3 is 5.97 Å². The number of fused-ring (bicyclic) bond motifs is 1. The topological polar surface area (TPSA) is 53.1 Å². The van der Waals surface area contributed by atoms with Gasteiger partial charge in [0.05, 0.1) is 5.56 Å². The number of aryl methyl sites for hydroxylation is 1. The van der Waals surface area contributed by atoms with Gasteiger partial charge in [0.2, 0.25) is 0 Å². The van der Waals surface area contributed by atoms with Gasteiger partial charge in [0.25, 0.3) is 0 Å². The number of nitrogens with one attached hydrogen (secondary N) is 1. The third kappa shape index (κ3) is 1.89. The van der Waals surface area contributed by atoms with Gasteiger partial charge in [-0.1, -0.05) is 24.3 Å². The molecule has 0 bridgehead atoms. The van der Waals surface area contributed by atoms with Gasteiger partial charge in [-0.05, 0) is 47.2 Å². The largest absolute Gasteiger partial charge is 0.478 e. The highest BCUT2D eigenvalue weighted by atomic mass is 16.4. The van der Waals surface area contributed by atoms with Gasteiger partial charge in [0.1, 0.15) is 0 Å². The molecule has 0 aliphatic heterocycles. The van der Waals surface area contributed by atoms with E-state index in [2.05, 4.69) is 4.98 Å². The second-order valence-corrected chi connectivity index (χ2v) is 4.58. The molecular formula is C16H13NO2. The van der Waals surface area contributed by atoms with Gasteiger partial charge in [-0.25, -0.2) is 4.79 Å². The molecule has 3 rings (SSSR count). The van der Waals surface area contributed by atoms with Gasteiger partial charge in [-0.2, -0.15) is 0 Å². The Morgan fingerprint density at radius 3 is 2.79 bits per heavy atom. The van der Waals surface area contributed by atoms with E-state index < -0.39 is 5.97 Å². The van der Waals surface area contributed by atoms with Crippen molar-refractivity contribution < 1.29 is 9.90 Å². The highest BCUT2D eigenvalue weighted by Gasteiger charge is 2.14. The molecule has 0 spiro atoms. The fourth-order valence-electron chi connectivity index (χ4n) is 2.43. The Balaban J connectivity index is 2.28. The lowest BCUT2D eigenvalue weighted by Gasteiger charge is -2.10. The van der Waals surface area contributed by atoms with Crippen molar-refractivity contribution in [1.29, 1.82) is 0 Å². The lowest BCUT2D eigenvalue weighted by molar-refractivity contribution is 0.0697. The molecule has 3 heteroatoms. The van der Waals surface area contributed by atoms with Crippen LogP contribution in [-0.2, 0) is 0 Å². The number of aromatic carboxylic acids is 1. The van der Waals surface area contributed by atoms with Crippen molar-refractivity contribution in [3.05, 3.63) is 59.8 Å². The van der Waals surface area contributed by atoms with Crippen molar-refractivity contribution >= 4 is 16.9 Å². The summed E-state index contributed by atoms with van der Waals surface area (Å²) in [6, 6.07) is 13.3. The van der Waals surface area contributed by atoms with Gasteiger partial charge in [-0.15, -0.1) is 0 Å². The standard InChI is InChI=1S/C16H13NO2/c1-10-3-2-4-13(16(18)19)15(10)12-6-5-11-7-8-17-14(11)9-12/h2-9,17H,1H3,(H,18,19). The van der Waals surface area contributed by atoms with E-state index in [1.165, 1.54) is 0 Å². The maximum Gasteiger partial charge on any atom is 0.336 e. The summed E-state index contributed by atoms with van der Waals surface area (Å²) >= 11 is 0. The first kappa shape index (κ1) is 11.5. The van der Waals surface area contributed by atoms with Crippen LogP contribution in [0.2, 0.25) is 0 Å². The van der Waals surface area contributed by atoms with Gasteiger partial charge in [-0.3, -0.25) is 0 Å². The van der Waals surface area contributed by atoms with Crippen LogP contribution in [0.4, 0.5) is 0 Å². The van der Waals surface area contributed by atoms with E-state index in [4.69, 9.17) is 0 Å². The molecule has 0 unspecified atom stereocenters. The second kappa shape index (κ2) is 4.28. The molecule has 1 heterocycles. The molecule has 0 aliphatic rings. The third-order valence-corrected chi connectivity index (χ3v) is 3.35. The SMILES string of the molecule is Cc1cccc(C(=O)O)c1-c1ccc2cc[nH]c2c1. The van der Waals surface area contributed by atoms with E-state index in [1.807, 2.05) is 43.5 Å². The average molecular weight is 251 g/mol. The molecule has 0 amide bonds. The molecule has 0 atom stereocenters. The van der Waals surface area contributed by atoms with E-state index in [0.717, 1.165) is 27.6 Å².